The van der Waals surface area contributed by atoms with E-state index >= 15 is 0 Å². The number of rotatable bonds is 9. The zero-order chi connectivity index (χ0) is 24.0. The van der Waals surface area contributed by atoms with E-state index in [4.69, 9.17) is 9.47 Å². The van der Waals surface area contributed by atoms with Gasteiger partial charge in [-0.3, -0.25) is 14.5 Å². The first-order valence-corrected chi connectivity index (χ1v) is 11.8. The first kappa shape index (κ1) is 23.5. The maximum Gasteiger partial charge on any atom is 0.325 e. The number of para-hydroxylation sites is 2. The Morgan fingerprint density at radius 2 is 1.88 bits per heavy atom. The molecule has 2 aromatic rings. The van der Waals surface area contributed by atoms with Crippen LogP contribution in [0.1, 0.15) is 51.0 Å². The molecule has 2 aliphatic rings. The predicted octanol–water partition coefficient (Wildman–Crippen LogP) is 3.53. The van der Waals surface area contributed by atoms with E-state index in [-0.39, 0.29) is 31.3 Å². The van der Waals surface area contributed by atoms with Gasteiger partial charge in [-0.05, 0) is 37.5 Å². The highest BCUT2D eigenvalue weighted by molar-refractivity contribution is 6.07. The van der Waals surface area contributed by atoms with Crippen molar-refractivity contribution in [2.75, 3.05) is 13.2 Å². The minimum Gasteiger partial charge on any atom is -0.490 e. The molecule has 4 rings (SSSR count). The summed E-state index contributed by atoms with van der Waals surface area (Å²) in [5, 5.41) is 5.67. The van der Waals surface area contributed by atoms with Crippen LogP contribution < -0.4 is 20.1 Å². The van der Waals surface area contributed by atoms with Crippen LogP contribution >= 0.6 is 0 Å². The molecule has 4 amide bonds. The van der Waals surface area contributed by atoms with Crippen molar-refractivity contribution in [3.05, 3.63) is 48.2 Å². The van der Waals surface area contributed by atoms with Gasteiger partial charge in [-0.25, -0.2) is 9.78 Å². The Bertz CT molecular complexity index is 1030. The van der Waals surface area contributed by atoms with Gasteiger partial charge >= 0.3 is 6.03 Å². The fourth-order valence-electron chi connectivity index (χ4n) is 4.37. The minimum atomic E-state index is -0.759. The number of amides is 4. The molecule has 2 fully saturated rings. The van der Waals surface area contributed by atoms with Crippen LogP contribution in [0.5, 0.6) is 17.4 Å². The highest BCUT2D eigenvalue weighted by atomic mass is 16.5. The second kappa shape index (κ2) is 10.5. The van der Waals surface area contributed by atoms with E-state index < -0.39 is 11.6 Å². The third-order valence-electron chi connectivity index (χ3n) is 6.17. The number of carbonyl (C=O) groups is 3. The van der Waals surface area contributed by atoms with E-state index in [9.17, 15) is 14.4 Å². The van der Waals surface area contributed by atoms with Gasteiger partial charge in [0, 0.05) is 31.8 Å². The molecule has 9 nitrogen and oxygen atoms in total. The summed E-state index contributed by atoms with van der Waals surface area (Å²) in [7, 11) is 0. The van der Waals surface area contributed by atoms with Crippen molar-refractivity contribution in [1.29, 1.82) is 0 Å². The molecule has 1 aromatic heterocycles. The quantitative estimate of drug-likeness (QED) is 0.547. The van der Waals surface area contributed by atoms with Crippen molar-refractivity contribution in [2.45, 2.75) is 57.5 Å². The first-order chi connectivity index (χ1) is 16.5. The standard InChI is InChI=1S/C25H30N4O5/c1-2-33-19-8-4-5-9-20(19)34-22-11-10-18(17-27-22)16-26-21(30)12-15-29-23(31)25(28-24(29)32)13-6-3-7-14-25/h4-5,8-11,17H,2-3,6-7,12-16H2,1H3,(H,26,30)(H,28,32). The zero-order valence-corrected chi connectivity index (χ0v) is 19.3. The molecule has 2 N–H and O–H groups in total. The van der Waals surface area contributed by atoms with Crippen molar-refractivity contribution < 1.29 is 23.9 Å². The molecule has 1 aliphatic carbocycles. The number of nitrogens with zero attached hydrogens (tertiary/aromatic N) is 2. The number of urea groups is 1. The third-order valence-corrected chi connectivity index (χ3v) is 6.17. The molecule has 2 heterocycles. The Balaban J connectivity index is 1.24. The van der Waals surface area contributed by atoms with Crippen molar-refractivity contribution >= 4 is 17.8 Å². The zero-order valence-electron chi connectivity index (χ0n) is 19.3. The van der Waals surface area contributed by atoms with Crippen LogP contribution in [0, 0.1) is 0 Å². The molecule has 1 aromatic carbocycles. The Morgan fingerprint density at radius 3 is 2.59 bits per heavy atom. The third kappa shape index (κ3) is 5.30. The topological polar surface area (TPSA) is 110 Å². The molecule has 0 atom stereocenters. The number of nitrogens with one attached hydrogen (secondary N) is 2. The number of aromatic nitrogens is 1. The Labute approximate surface area is 198 Å². The van der Waals surface area contributed by atoms with Crippen molar-refractivity contribution in [3.8, 4) is 17.4 Å². The number of carbonyl (C=O) groups excluding carboxylic acids is 3. The molecule has 1 saturated carbocycles. The van der Waals surface area contributed by atoms with Gasteiger partial charge in [-0.2, -0.15) is 0 Å². The molecule has 1 spiro atoms. The molecule has 0 unspecified atom stereocenters. The highest BCUT2D eigenvalue weighted by Gasteiger charge is 2.51. The summed E-state index contributed by atoms with van der Waals surface area (Å²) in [4.78, 5) is 42.9. The minimum absolute atomic E-state index is 0.0536. The maximum absolute atomic E-state index is 12.8. The predicted molar refractivity (Wildman–Crippen MR) is 124 cm³/mol. The largest absolute Gasteiger partial charge is 0.490 e. The monoisotopic (exact) mass is 466 g/mol. The van der Waals surface area contributed by atoms with Crippen LogP contribution in [0.4, 0.5) is 4.79 Å². The number of imide groups is 1. The van der Waals surface area contributed by atoms with Crippen molar-refractivity contribution in [2.24, 2.45) is 0 Å². The second-order valence-corrected chi connectivity index (χ2v) is 8.54. The average molecular weight is 467 g/mol. The van der Waals surface area contributed by atoms with E-state index in [1.807, 2.05) is 37.3 Å². The molecule has 1 aliphatic heterocycles. The Hall–Kier alpha value is -3.62. The van der Waals surface area contributed by atoms with Gasteiger partial charge in [0.2, 0.25) is 11.8 Å². The van der Waals surface area contributed by atoms with Gasteiger partial charge in [-0.15, -0.1) is 0 Å². The van der Waals surface area contributed by atoms with Crippen molar-refractivity contribution in [3.63, 3.8) is 0 Å². The molecule has 1 saturated heterocycles. The fraction of sp³-hybridized carbons (Fsp3) is 0.440. The summed E-state index contributed by atoms with van der Waals surface area (Å²) < 4.78 is 11.4. The number of hydrogen-bond acceptors (Lipinski definition) is 6. The van der Waals surface area contributed by atoms with Gasteiger partial charge in [0.15, 0.2) is 11.5 Å². The van der Waals surface area contributed by atoms with Crippen LogP contribution in [0.2, 0.25) is 0 Å². The molecule has 180 valence electrons. The Morgan fingerprint density at radius 1 is 1.12 bits per heavy atom. The highest BCUT2D eigenvalue weighted by Crippen LogP contribution is 2.33. The van der Waals surface area contributed by atoms with E-state index in [1.165, 1.54) is 4.90 Å². The molecule has 0 bridgehead atoms. The molecular formula is C25H30N4O5. The number of ether oxygens (including phenoxy) is 2. The molecular weight excluding hydrogens is 436 g/mol. The summed E-state index contributed by atoms with van der Waals surface area (Å²) in [6, 6.07) is 10.5. The van der Waals surface area contributed by atoms with Crippen LogP contribution in [0.25, 0.3) is 0 Å². The summed E-state index contributed by atoms with van der Waals surface area (Å²) in [5.74, 6) is 1.19. The molecule has 0 radical (unpaired) electrons. The second-order valence-electron chi connectivity index (χ2n) is 8.54. The number of pyridine rings is 1. The van der Waals surface area contributed by atoms with Crippen LogP contribution in [-0.4, -0.2) is 46.4 Å². The lowest BCUT2D eigenvalue weighted by atomic mass is 9.82. The summed E-state index contributed by atoms with van der Waals surface area (Å²) >= 11 is 0. The number of hydrogen-bond donors (Lipinski definition) is 2. The SMILES string of the molecule is CCOc1ccccc1Oc1ccc(CNC(=O)CCN2C(=O)NC3(CCCCC3)C2=O)cn1. The summed E-state index contributed by atoms with van der Waals surface area (Å²) in [5.41, 5.74) is 0.0414. The molecule has 9 heteroatoms. The van der Waals surface area contributed by atoms with E-state index in [2.05, 4.69) is 15.6 Å². The maximum atomic E-state index is 12.8. The van der Waals surface area contributed by atoms with Gasteiger partial charge in [0.25, 0.3) is 5.91 Å². The summed E-state index contributed by atoms with van der Waals surface area (Å²) in [6.07, 6.45) is 5.96. The van der Waals surface area contributed by atoms with Gasteiger partial charge in [-0.1, -0.05) is 37.5 Å². The lowest BCUT2D eigenvalue weighted by Crippen LogP contribution is -2.48. The summed E-state index contributed by atoms with van der Waals surface area (Å²) in [6.45, 7) is 2.79. The lowest BCUT2D eigenvalue weighted by Gasteiger charge is -2.30. The van der Waals surface area contributed by atoms with E-state index in [0.717, 1.165) is 24.8 Å². The van der Waals surface area contributed by atoms with Crippen LogP contribution in [0.3, 0.4) is 0 Å². The van der Waals surface area contributed by atoms with E-state index in [1.54, 1.807) is 12.3 Å². The normalized spacial score (nSPS) is 16.9. The average Bonchev–Trinajstić information content (AvgIpc) is 3.07. The molecule has 34 heavy (non-hydrogen) atoms. The van der Waals surface area contributed by atoms with Gasteiger partial charge < -0.3 is 20.1 Å². The number of benzene rings is 1. The van der Waals surface area contributed by atoms with Crippen LogP contribution in [-0.2, 0) is 16.1 Å². The fourth-order valence-corrected chi connectivity index (χ4v) is 4.37. The lowest BCUT2D eigenvalue weighted by molar-refractivity contribution is -0.132. The van der Waals surface area contributed by atoms with Crippen LogP contribution in [0.15, 0.2) is 42.6 Å². The first-order valence-electron chi connectivity index (χ1n) is 11.8. The smallest absolute Gasteiger partial charge is 0.325 e. The Kier molecular flexibility index (Phi) is 7.30. The van der Waals surface area contributed by atoms with E-state index in [0.29, 0.717) is 36.8 Å². The van der Waals surface area contributed by atoms with Crippen molar-refractivity contribution in [1.82, 2.24) is 20.5 Å². The van der Waals surface area contributed by atoms with Gasteiger partial charge in [0.05, 0.1) is 6.61 Å². The van der Waals surface area contributed by atoms with Gasteiger partial charge in [0.1, 0.15) is 5.54 Å².